The Hall–Kier alpha value is -2.73. The van der Waals surface area contributed by atoms with Gasteiger partial charge in [0.1, 0.15) is 19.8 Å². The first-order valence-corrected chi connectivity index (χ1v) is 14.3. The molecule has 0 spiro atoms. The van der Waals surface area contributed by atoms with Crippen LogP contribution in [0.5, 0.6) is 0 Å². The van der Waals surface area contributed by atoms with Gasteiger partial charge in [0.05, 0.1) is 85.4 Å². The molecule has 0 saturated heterocycles. The summed E-state index contributed by atoms with van der Waals surface area (Å²) in [5.41, 5.74) is 0. The molecule has 0 aromatic rings. The zero-order chi connectivity index (χ0) is 31.6. The van der Waals surface area contributed by atoms with Crippen LogP contribution in [-0.4, -0.2) is 150 Å². The molecule has 0 unspecified atom stereocenters. The van der Waals surface area contributed by atoms with E-state index in [1.54, 1.807) is 19.3 Å². The SMILES string of the molecule is COCCOCCOCCNC(=O)OC/C=C/COC(=O)NCCOCCOCCOC(=O)NCCOCCOC(C)C. The van der Waals surface area contributed by atoms with Crippen molar-refractivity contribution in [1.29, 1.82) is 0 Å². The van der Waals surface area contributed by atoms with Crippen LogP contribution in [0, 0.1) is 0 Å². The Labute approximate surface area is 254 Å². The third-order valence-electron chi connectivity index (χ3n) is 4.65. The summed E-state index contributed by atoms with van der Waals surface area (Å²) in [6, 6.07) is 0. The lowest BCUT2D eigenvalue weighted by Gasteiger charge is -2.10. The summed E-state index contributed by atoms with van der Waals surface area (Å²) in [6.07, 6.45) is 1.56. The number of ether oxygens (including phenoxy) is 10. The van der Waals surface area contributed by atoms with Gasteiger partial charge in [-0.3, -0.25) is 0 Å². The zero-order valence-electron chi connectivity index (χ0n) is 25.8. The number of nitrogens with one attached hydrogen (secondary N) is 3. The minimum absolute atomic E-state index is 0.0214. The van der Waals surface area contributed by atoms with Gasteiger partial charge >= 0.3 is 18.3 Å². The van der Waals surface area contributed by atoms with Gasteiger partial charge in [0.15, 0.2) is 0 Å². The highest BCUT2D eigenvalue weighted by molar-refractivity contribution is 5.67. The Morgan fingerprint density at radius 3 is 1.33 bits per heavy atom. The molecule has 0 heterocycles. The van der Waals surface area contributed by atoms with Crippen molar-refractivity contribution in [2.45, 2.75) is 20.0 Å². The molecular weight excluding hydrogens is 574 g/mol. The van der Waals surface area contributed by atoms with Crippen LogP contribution >= 0.6 is 0 Å². The maximum absolute atomic E-state index is 11.6. The van der Waals surface area contributed by atoms with Crippen molar-refractivity contribution in [3.8, 4) is 0 Å². The predicted molar refractivity (Wildman–Crippen MR) is 154 cm³/mol. The van der Waals surface area contributed by atoms with Gasteiger partial charge in [-0.15, -0.1) is 0 Å². The van der Waals surface area contributed by atoms with E-state index >= 15 is 0 Å². The maximum Gasteiger partial charge on any atom is 0.407 e. The Morgan fingerprint density at radius 1 is 0.512 bits per heavy atom. The van der Waals surface area contributed by atoms with Crippen LogP contribution in [0.25, 0.3) is 0 Å². The molecule has 43 heavy (non-hydrogen) atoms. The number of hydrogen-bond donors (Lipinski definition) is 3. The van der Waals surface area contributed by atoms with Crippen molar-refractivity contribution in [3.05, 3.63) is 12.2 Å². The summed E-state index contributed by atoms with van der Waals surface area (Å²) in [6.45, 7) is 9.71. The lowest BCUT2D eigenvalue weighted by atomic mass is 10.5. The average molecular weight is 626 g/mol. The summed E-state index contributed by atoms with van der Waals surface area (Å²) >= 11 is 0. The van der Waals surface area contributed by atoms with Crippen LogP contribution in [0.3, 0.4) is 0 Å². The van der Waals surface area contributed by atoms with Gasteiger partial charge in [0.25, 0.3) is 0 Å². The molecule has 252 valence electrons. The van der Waals surface area contributed by atoms with Crippen molar-refractivity contribution in [2.75, 3.05) is 126 Å². The molecule has 0 bridgehead atoms. The number of hydrogen-bond acceptors (Lipinski definition) is 13. The molecule has 0 aromatic heterocycles. The molecule has 0 fully saturated rings. The highest BCUT2D eigenvalue weighted by Gasteiger charge is 2.03. The summed E-state index contributed by atoms with van der Waals surface area (Å²) in [5, 5.41) is 7.66. The first kappa shape index (κ1) is 40.3. The number of carbonyl (C=O) groups excluding carboxylic acids is 3. The van der Waals surface area contributed by atoms with E-state index < -0.39 is 18.3 Å². The molecule has 0 aliphatic rings. The Kier molecular flexibility index (Phi) is 30.1. The van der Waals surface area contributed by atoms with Crippen molar-refractivity contribution in [1.82, 2.24) is 16.0 Å². The van der Waals surface area contributed by atoms with Gasteiger partial charge in [-0.25, -0.2) is 14.4 Å². The molecule has 16 nitrogen and oxygen atoms in total. The summed E-state index contributed by atoms with van der Waals surface area (Å²) in [4.78, 5) is 34.7. The van der Waals surface area contributed by atoms with Crippen molar-refractivity contribution in [2.24, 2.45) is 0 Å². The van der Waals surface area contributed by atoms with E-state index in [4.69, 9.17) is 47.4 Å². The zero-order valence-corrected chi connectivity index (χ0v) is 25.8. The van der Waals surface area contributed by atoms with E-state index in [2.05, 4.69) is 16.0 Å². The normalized spacial score (nSPS) is 11.1. The third kappa shape index (κ3) is 33.6. The number of rotatable bonds is 29. The van der Waals surface area contributed by atoms with Gasteiger partial charge in [-0.1, -0.05) is 0 Å². The quantitative estimate of drug-likeness (QED) is 0.0606. The third-order valence-corrected chi connectivity index (χ3v) is 4.65. The van der Waals surface area contributed by atoms with Gasteiger partial charge in [0.2, 0.25) is 0 Å². The number of carbonyl (C=O) groups is 3. The first-order valence-electron chi connectivity index (χ1n) is 14.3. The van der Waals surface area contributed by atoms with Crippen LogP contribution in [0.15, 0.2) is 12.2 Å². The molecule has 0 aromatic carbocycles. The molecule has 16 heteroatoms. The van der Waals surface area contributed by atoms with Gasteiger partial charge in [0, 0.05) is 26.7 Å². The van der Waals surface area contributed by atoms with E-state index in [1.807, 2.05) is 13.8 Å². The molecule has 3 amide bonds. The van der Waals surface area contributed by atoms with Crippen LogP contribution in [0.2, 0.25) is 0 Å². The largest absolute Gasteiger partial charge is 0.447 e. The molecule has 0 aliphatic carbocycles. The second-order valence-electron chi connectivity index (χ2n) is 8.56. The Bertz CT molecular complexity index is 699. The average Bonchev–Trinajstić information content (AvgIpc) is 2.98. The van der Waals surface area contributed by atoms with Crippen molar-refractivity contribution >= 4 is 18.3 Å². The topological polar surface area (TPSA) is 180 Å². The summed E-state index contributed by atoms with van der Waals surface area (Å²) in [5.74, 6) is 0. The van der Waals surface area contributed by atoms with Gasteiger partial charge in [-0.2, -0.15) is 0 Å². The van der Waals surface area contributed by atoms with E-state index in [1.165, 1.54) is 0 Å². The molecule has 0 atom stereocenters. The molecule has 3 N–H and O–H groups in total. The Balaban J connectivity index is 3.39. The monoisotopic (exact) mass is 625 g/mol. The van der Waals surface area contributed by atoms with Crippen LogP contribution in [0.1, 0.15) is 13.8 Å². The lowest BCUT2D eigenvalue weighted by molar-refractivity contribution is 0.0189. The first-order chi connectivity index (χ1) is 21.0. The van der Waals surface area contributed by atoms with Gasteiger partial charge in [-0.05, 0) is 26.0 Å². The number of amides is 3. The molecule has 0 radical (unpaired) electrons. The van der Waals surface area contributed by atoms with Crippen molar-refractivity contribution < 1.29 is 61.8 Å². The van der Waals surface area contributed by atoms with E-state index in [9.17, 15) is 14.4 Å². The molecule has 0 saturated carbocycles. The smallest absolute Gasteiger partial charge is 0.407 e. The second kappa shape index (κ2) is 32.2. The highest BCUT2D eigenvalue weighted by atomic mass is 16.6. The van der Waals surface area contributed by atoms with E-state index in [-0.39, 0.29) is 45.7 Å². The van der Waals surface area contributed by atoms with Crippen LogP contribution in [0.4, 0.5) is 14.4 Å². The molecule has 0 rings (SSSR count). The van der Waals surface area contributed by atoms with Crippen LogP contribution in [-0.2, 0) is 47.4 Å². The lowest BCUT2D eigenvalue weighted by Crippen LogP contribution is -2.29. The number of methoxy groups -OCH3 is 1. The minimum atomic E-state index is -0.602. The molecule has 0 aliphatic heterocycles. The Morgan fingerprint density at radius 2 is 0.884 bits per heavy atom. The summed E-state index contributed by atoms with van der Waals surface area (Å²) in [7, 11) is 1.60. The second-order valence-corrected chi connectivity index (χ2v) is 8.56. The van der Waals surface area contributed by atoms with Crippen molar-refractivity contribution in [3.63, 3.8) is 0 Å². The highest BCUT2D eigenvalue weighted by Crippen LogP contribution is 1.88. The standard InChI is InChI=1S/C27H51N3O13/c1-24(2)40-22-20-37-13-8-30-27(33)43-23-21-39-19-17-36-12-7-29-26(32)42-10-5-4-9-41-25(31)28-6-11-35-16-18-38-15-14-34-3/h4-5,24H,6-23H2,1-3H3,(H,28,31)(H,29,32)(H,30,33)/b5-4+. The summed E-state index contributed by atoms with van der Waals surface area (Å²) < 4.78 is 51.6. The minimum Gasteiger partial charge on any atom is -0.447 e. The predicted octanol–water partition coefficient (Wildman–Crippen LogP) is 0.876. The maximum atomic E-state index is 11.6. The van der Waals surface area contributed by atoms with Crippen LogP contribution < -0.4 is 16.0 Å². The van der Waals surface area contributed by atoms with Gasteiger partial charge < -0.3 is 63.3 Å². The fraction of sp³-hybridized carbons (Fsp3) is 0.815. The van der Waals surface area contributed by atoms with E-state index in [0.717, 1.165) is 0 Å². The number of alkyl carbamates (subject to hydrolysis) is 3. The fourth-order valence-electron chi connectivity index (χ4n) is 2.64. The van der Waals surface area contributed by atoms with E-state index in [0.29, 0.717) is 79.2 Å². The molecular formula is C27H51N3O13. The fourth-order valence-corrected chi connectivity index (χ4v) is 2.64.